The van der Waals surface area contributed by atoms with Crippen LogP contribution >= 0.6 is 23.4 Å². The van der Waals surface area contributed by atoms with Gasteiger partial charge in [0, 0.05) is 12.6 Å². The van der Waals surface area contributed by atoms with Gasteiger partial charge >= 0.3 is 0 Å². The second-order valence-electron chi connectivity index (χ2n) is 5.55. The highest BCUT2D eigenvalue weighted by Gasteiger charge is 2.13. The lowest BCUT2D eigenvalue weighted by molar-refractivity contribution is -0.113. The zero-order valence-corrected chi connectivity index (χ0v) is 15.4. The van der Waals surface area contributed by atoms with Gasteiger partial charge in [-0.1, -0.05) is 59.8 Å². The number of nitrogens with one attached hydrogen (secondary N) is 1. The first kappa shape index (κ1) is 17.5. The fourth-order valence-corrected chi connectivity index (χ4v) is 3.31. The summed E-state index contributed by atoms with van der Waals surface area (Å²) in [6.45, 7) is 1.95. The fourth-order valence-electron chi connectivity index (χ4n) is 2.32. The molecule has 2 aromatic carbocycles. The van der Waals surface area contributed by atoms with Gasteiger partial charge in [-0.05, 0) is 24.6 Å². The molecule has 128 valence electrons. The third-order valence-electron chi connectivity index (χ3n) is 3.60. The molecule has 1 amide bonds. The normalized spacial score (nSPS) is 10.7. The maximum atomic E-state index is 12.2. The number of aryl methyl sites for hydroxylation is 1. The van der Waals surface area contributed by atoms with E-state index in [4.69, 9.17) is 11.6 Å². The number of rotatable bonds is 5. The Bertz CT molecular complexity index is 895. The summed E-state index contributed by atoms with van der Waals surface area (Å²) in [6, 6.07) is 15.3. The van der Waals surface area contributed by atoms with E-state index in [2.05, 4.69) is 15.5 Å². The van der Waals surface area contributed by atoms with Gasteiger partial charge in [-0.3, -0.25) is 4.79 Å². The van der Waals surface area contributed by atoms with Crippen LogP contribution in [0.1, 0.15) is 5.56 Å². The smallest absolute Gasteiger partial charge is 0.234 e. The monoisotopic (exact) mass is 372 g/mol. The summed E-state index contributed by atoms with van der Waals surface area (Å²) in [5.41, 5.74) is 2.64. The number of thioether (sulfide) groups is 1. The third-order valence-corrected chi connectivity index (χ3v) is 4.93. The van der Waals surface area contributed by atoms with E-state index in [9.17, 15) is 4.79 Å². The predicted molar refractivity (Wildman–Crippen MR) is 102 cm³/mol. The second kappa shape index (κ2) is 7.72. The average molecular weight is 373 g/mol. The molecule has 0 radical (unpaired) electrons. The van der Waals surface area contributed by atoms with Gasteiger partial charge in [0.25, 0.3) is 0 Å². The van der Waals surface area contributed by atoms with Gasteiger partial charge in [-0.25, -0.2) is 0 Å². The molecule has 0 atom stereocenters. The van der Waals surface area contributed by atoms with Crippen molar-refractivity contribution in [3.63, 3.8) is 0 Å². The molecule has 5 nitrogen and oxygen atoms in total. The van der Waals surface area contributed by atoms with E-state index < -0.39 is 0 Å². The van der Waals surface area contributed by atoms with Gasteiger partial charge < -0.3 is 9.88 Å². The van der Waals surface area contributed by atoms with Crippen molar-refractivity contribution in [3.05, 3.63) is 59.1 Å². The van der Waals surface area contributed by atoms with Gasteiger partial charge in [-0.15, -0.1) is 10.2 Å². The van der Waals surface area contributed by atoms with Crippen LogP contribution in [0.2, 0.25) is 5.02 Å². The zero-order chi connectivity index (χ0) is 17.8. The summed E-state index contributed by atoms with van der Waals surface area (Å²) >= 11 is 7.47. The third kappa shape index (κ3) is 4.21. The zero-order valence-electron chi connectivity index (χ0n) is 13.9. The van der Waals surface area contributed by atoms with Crippen LogP contribution in [0, 0.1) is 6.92 Å². The first-order valence-electron chi connectivity index (χ1n) is 7.68. The van der Waals surface area contributed by atoms with E-state index in [-0.39, 0.29) is 11.7 Å². The van der Waals surface area contributed by atoms with Crippen molar-refractivity contribution in [1.82, 2.24) is 14.8 Å². The van der Waals surface area contributed by atoms with E-state index in [0.717, 1.165) is 17.0 Å². The molecule has 0 saturated carbocycles. The first-order chi connectivity index (χ1) is 12.0. The lowest BCUT2D eigenvalue weighted by Crippen LogP contribution is -2.14. The lowest BCUT2D eigenvalue weighted by Gasteiger charge is -2.08. The van der Waals surface area contributed by atoms with Crippen LogP contribution < -0.4 is 5.32 Å². The number of benzene rings is 2. The molecule has 1 aromatic heterocycles. The summed E-state index contributed by atoms with van der Waals surface area (Å²) in [6.07, 6.45) is 0. The molecule has 1 heterocycles. The Hall–Kier alpha value is -2.31. The second-order valence-corrected chi connectivity index (χ2v) is 6.90. The number of carbonyl (C=O) groups is 1. The minimum absolute atomic E-state index is 0.139. The average Bonchev–Trinajstić information content (AvgIpc) is 2.97. The molecule has 7 heteroatoms. The number of carbonyl (C=O) groups excluding carboxylic acids is 1. The van der Waals surface area contributed by atoms with Crippen molar-refractivity contribution < 1.29 is 4.79 Å². The molecule has 0 spiro atoms. The summed E-state index contributed by atoms with van der Waals surface area (Å²) in [5.74, 6) is 0.857. The summed E-state index contributed by atoms with van der Waals surface area (Å²) in [4.78, 5) is 12.2. The molecule has 0 aliphatic carbocycles. The number of aromatic nitrogens is 3. The number of halogens is 1. The van der Waals surface area contributed by atoms with E-state index in [0.29, 0.717) is 15.9 Å². The molecule has 0 aliphatic rings. The molecule has 0 aliphatic heterocycles. The minimum atomic E-state index is -0.139. The van der Waals surface area contributed by atoms with Gasteiger partial charge in [0.2, 0.25) is 5.91 Å². The van der Waals surface area contributed by atoms with Crippen LogP contribution in [-0.2, 0) is 11.8 Å². The van der Waals surface area contributed by atoms with Crippen LogP contribution in [0.3, 0.4) is 0 Å². The first-order valence-corrected chi connectivity index (χ1v) is 9.04. The van der Waals surface area contributed by atoms with Gasteiger partial charge in [0.1, 0.15) is 0 Å². The largest absolute Gasteiger partial charge is 0.324 e. The molecule has 0 fully saturated rings. The quantitative estimate of drug-likeness (QED) is 0.683. The fraction of sp³-hybridized carbons (Fsp3) is 0.167. The van der Waals surface area contributed by atoms with Gasteiger partial charge in [-0.2, -0.15) is 0 Å². The molecule has 25 heavy (non-hydrogen) atoms. The lowest BCUT2D eigenvalue weighted by atomic mass is 10.2. The molecule has 0 unspecified atom stereocenters. The Labute approximate surface area is 155 Å². The molecular formula is C18H17ClN4OS. The minimum Gasteiger partial charge on any atom is -0.324 e. The molecule has 0 bridgehead atoms. The highest BCUT2D eigenvalue weighted by molar-refractivity contribution is 7.99. The molecule has 3 aromatic rings. The number of nitrogens with zero attached hydrogens (tertiary/aromatic N) is 3. The van der Waals surface area contributed by atoms with Crippen LogP contribution in [-0.4, -0.2) is 26.4 Å². The van der Waals surface area contributed by atoms with Crippen molar-refractivity contribution >= 4 is 35.0 Å². The van der Waals surface area contributed by atoms with Crippen LogP contribution in [0.25, 0.3) is 11.4 Å². The number of anilines is 1. The maximum Gasteiger partial charge on any atom is 0.234 e. The number of amides is 1. The van der Waals surface area contributed by atoms with E-state index >= 15 is 0 Å². The SMILES string of the molecule is Cc1ccc(NC(=O)CSc2nnc(-c3ccccc3)n2C)c(Cl)c1. The van der Waals surface area contributed by atoms with E-state index in [1.165, 1.54) is 11.8 Å². The number of hydrogen-bond donors (Lipinski definition) is 1. The van der Waals surface area contributed by atoms with Crippen molar-refractivity contribution in [2.45, 2.75) is 12.1 Å². The van der Waals surface area contributed by atoms with E-state index in [1.807, 2.05) is 61.0 Å². The van der Waals surface area contributed by atoms with Crippen molar-refractivity contribution in [3.8, 4) is 11.4 Å². The van der Waals surface area contributed by atoms with Crippen molar-refractivity contribution in [2.24, 2.45) is 7.05 Å². The molecule has 0 saturated heterocycles. The molecule has 1 N–H and O–H groups in total. The maximum absolute atomic E-state index is 12.2. The highest BCUT2D eigenvalue weighted by Crippen LogP contribution is 2.25. The molecular weight excluding hydrogens is 356 g/mol. The summed E-state index contributed by atoms with van der Waals surface area (Å²) < 4.78 is 1.88. The van der Waals surface area contributed by atoms with Crippen molar-refractivity contribution in [2.75, 3.05) is 11.1 Å². The van der Waals surface area contributed by atoms with Gasteiger partial charge in [0.05, 0.1) is 16.5 Å². The summed E-state index contributed by atoms with van der Waals surface area (Å²) in [7, 11) is 1.89. The Kier molecular flexibility index (Phi) is 5.40. The van der Waals surface area contributed by atoms with E-state index in [1.54, 1.807) is 6.07 Å². The Morgan fingerprint density at radius 1 is 1.20 bits per heavy atom. The topological polar surface area (TPSA) is 59.8 Å². The molecule has 3 rings (SSSR count). The van der Waals surface area contributed by atoms with Crippen LogP contribution in [0.4, 0.5) is 5.69 Å². The van der Waals surface area contributed by atoms with Crippen LogP contribution in [0.15, 0.2) is 53.7 Å². The Morgan fingerprint density at radius 3 is 2.68 bits per heavy atom. The van der Waals surface area contributed by atoms with Crippen molar-refractivity contribution in [1.29, 1.82) is 0 Å². The van der Waals surface area contributed by atoms with Crippen LogP contribution in [0.5, 0.6) is 0 Å². The highest BCUT2D eigenvalue weighted by atomic mass is 35.5. The standard InChI is InChI=1S/C18H17ClN4OS/c1-12-8-9-15(14(19)10-12)20-16(24)11-25-18-22-21-17(23(18)2)13-6-4-3-5-7-13/h3-10H,11H2,1-2H3,(H,20,24). The Balaban J connectivity index is 1.64. The van der Waals surface area contributed by atoms with Gasteiger partial charge in [0.15, 0.2) is 11.0 Å². The number of hydrogen-bond acceptors (Lipinski definition) is 4. The Morgan fingerprint density at radius 2 is 1.96 bits per heavy atom. The predicted octanol–water partition coefficient (Wildman–Crippen LogP) is 4.17. The summed E-state index contributed by atoms with van der Waals surface area (Å²) in [5, 5.41) is 12.4.